The number of nitrogens with zero attached hydrogens (tertiary/aromatic N) is 1. The number of amides is 2. The minimum absolute atomic E-state index is 0.175. The molecule has 0 spiro atoms. The Balaban J connectivity index is 1.43. The molecule has 0 aromatic heterocycles. The third-order valence-corrected chi connectivity index (χ3v) is 4.73. The van der Waals surface area contributed by atoms with Gasteiger partial charge in [-0.05, 0) is 49.7 Å². The molecule has 2 aliphatic rings. The molecule has 3 rings (SSSR count). The molecule has 1 aliphatic heterocycles. The zero-order chi connectivity index (χ0) is 17.1. The van der Waals surface area contributed by atoms with Gasteiger partial charge in [0, 0.05) is 13.0 Å². The van der Waals surface area contributed by atoms with Crippen molar-refractivity contribution in [2.45, 2.75) is 32.1 Å². The zero-order valence-corrected chi connectivity index (χ0v) is 13.5. The third-order valence-electron chi connectivity index (χ3n) is 4.73. The van der Waals surface area contributed by atoms with E-state index in [9.17, 15) is 14.4 Å². The number of aliphatic carboxylic acids is 1. The van der Waals surface area contributed by atoms with Gasteiger partial charge in [-0.15, -0.1) is 0 Å². The van der Waals surface area contributed by atoms with Crippen LogP contribution in [-0.2, 0) is 4.79 Å². The highest BCUT2D eigenvalue weighted by molar-refractivity contribution is 6.21. The molecule has 1 heterocycles. The summed E-state index contributed by atoms with van der Waals surface area (Å²) in [5.74, 6) is -0.205. The number of carboxylic acid groups (broad SMARTS) is 1. The zero-order valence-electron chi connectivity index (χ0n) is 13.5. The van der Waals surface area contributed by atoms with Gasteiger partial charge in [0.1, 0.15) is 0 Å². The van der Waals surface area contributed by atoms with Gasteiger partial charge in [-0.1, -0.05) is 24.3 Å². The molecule has 1 aromatic rings. The molecule has 0 saturated heterocycles. The first-order chi connectivity index (χ1) is 11.6. The molecule has 5 heteroatoms. The first kappa shape index (κ1) is 16.4. The summed E-state index contributed by atoms with van der Waals surface area (Å²) in [7, 11) is 0. The van der Waals surface area contributed by atoms with Gasteiger partial charge in [0.15, 0.2) is 0 Å². The predicted molar refractivity (Wildman–Crippen MR) is 88.6 cm³/mol. The average Bonchev–Trinajstić information content (AvgIpc) is 3.27. The summed E-state index contributed by atoms with van der Waals surface area (Å²) in [5.41, 5.74) is 1.02. The maximum absolute atomic E-state index is 12.3. The summed E-state index contributed by atoms with van der Waals surface area (Å²) in [5, 5.41) is 8.56. The molecule has 1 aromatic carbocycles. The van der Waals surface area contributed by atoms with Crippen LogP contribution in [0.5, 0.6) is 0 Å². The van der Waals surface area contributed by atoms with E-state index in [1.807, 2.05) is 6.08 Å². The number of unbranched alkanes of at least 4 members (excludes halogenated alkanes) is 1. The van der Waals surface area contributed by atoms with Crippen LogP contribution in [0.1, 0.15) is 52.8 Å². The second-order valence-electron chi connectivity index (χ2n) is 6.52. The fourth-order valence-corrected chi connectivity index (χ4v) is 3.22. The number of hydrogen-bond acceptors (Lipinski definition) is 3. The fourth-order valence-electron chi connectivity index (χ4n) is 3.22. The van der Waals surface area contributed by atoms with E-state index in [2.05, 4.69) is 6.08 Å². The molecule has 1 fully saturated rings. The predicted octanol–water partition coefficient (Wildman–Crippen LogP) is 3.12. The number of allylic oxidation sites excluding steroid dienone is 2. The lowest BCUT2D eigenvalue weighted by Crippen LogP contribution is -2.32. The van der Waals surface area contributed by atoms with Gasteiger partial charge in [-0.25, -0.2) is 0 Å². The van der Waals surface area contributed by atoms with Crippen LogP contribution in [0, 0.1) is 11.8 Å². The molecule has 24 heavy (non-hydrogen) atoms. The number of fused-ring (bicyclic) bond motifs is 1. The first-order valence-corrected chi connectivity index (χ1v) is 8.40. The van der Waals surface area contributed by atoms with Crippen LogP contribution in [0.25, 0.3) is 0 Å². The summed E-state index contributed by atoms with van der Waals surface area (Å²) in [6.45, 7) is 0.504. The topological polar surface area (TPSA) is 74.7 Å². The number of carbonyl (C=O) groups is 3. The standard InChI is InChI=1S/C19H21NO4/c21-17(22)10-4-2-1-3-7-13-11-14(13)12-20-18(23)15-8-5-6-9-16(15)19(20)24/h1,3,5-6,8-9,13-14H,2,4,7,10-12H2,(H,21,22)/t13-,14-/m1/s1. The smallest absolute Gasteiger partial charge is 0.303 e. The molecule has 1 saturated carbocycles. The van der Waals surface area contributed by atoms with Crippen molar-refractivity contribution in [3.63, 3.8) is 0 Å². The van der Waals surface area contributed by atoms with Gasteiger partial charge >= 0.3 is 5.97 Å². The van der Waals surface area contributed by atoms with Crippen LogP contribution in [0.15, 0.2) is 36.4 Å². The van der Waals surface area contributed by atoms with E-state index in [1.54, 1.807) is 24.3 Å². The van der Waals surface area contributed by atoms with Crippen LogP contribution in [0.4, 0.5) is 0 Å². The molecule has 5 nitrogen and oxygen atoms in total. The highest BCUT2D eigenvalue weighted by Gasteiger charge is 2.43. The Bertz CT molecular complexity index is 659. The van der Waals surface area contributed by atoms with E-state index >= 15 is 0 Å². The second-order valence-corrected chi connectivity index (χ2v) is 6.52. The molecule has 2 amide bonds. The van der Waals surface area contributed by atoms with Gasteiger partial charge in [0.25, 0.3) is 11.8 Å². The fraction of sp³-hybridized carbons (Fsp3) is 0.421. The maximum atomic E-state index is 12.3. The average molecular weight is 327 g/mol. The first-order valence-electron chi connectivity index (χ1n) is 8.40. The lowest BCUT2D eigenvalue weighted by Gasteiger charge is -2.13. The van der Waals surface area contributed by atoms with Gasteiger partial charge < -0.3 is 5.11 Å². The molecule has 0 radical (unpaired) electrons. The van der Waals surface area contributed by atoms with Gasteiger partial charge in [0.2, 0.25) is 0 Å². The normalized spacial score (nSPS) is 22.2. The monoisotopic (exact) mass is 327 g/mol. The largest absolute Gasteiger partial charge is 0.481 e. The van der Waals surface area contributed by atoms with Crippen LogP contribution >= 0.6 is 0 Å². The van der Waals surface area contributed by atoms with Crippen LogP contribution in [0.3, 0.4) is 0 Å². The number of carbonyl (C=O) groups excluding carboxylic acids is 2. The Morgan fingerprint density at radius 2 is 1.79 bits per heavy atom. The van der Waals surface area contributed by atoms with Crippen molar-refractivity contribution in [3.05, 3.63) is 47.5 Å². The Morgan fingerprint density at radius 1 is 1.12 bits per heavy atom. The van der Waals surface area contributed by atoms with Crippen molar-refractivity contribution in [2.24, 2.45) is 11.8 Å². The number of imide groups is 1. The van der Waals surface area contributed by atoms with E-state index in [0.717, 1.165) is 19.3 Å². The molecular formula is C19H21NO4. The highest BCUT2D eigenvalue weighted by atomic mass is 16.4. The molecule has 2 atom stereocenters. The van der Waals surface area contributed by atoms with Crippen LogP contribution in [-0.4, -0.2) is 34.3 Å². The molecule has 126 valence electrons. The molecule has 1 aliphatic carbocycles. The summed E-state index contributed by atoms with van der Waals surface area (Å²) < 4.78 is 0. The lowest BCUT2D eigenvalue weighted by atomic mass is 10.1. The van der Waals surface area contributed by atoms with E-state index in [1.165, 1.54) is 4.90 Å². The van der Waals surface area contributed by atoms with Crippen molar-refractivity contribution in [2.75, 3.05) is 6.54 Å². The Morgan fingerprint density at radius 3 is 2.42 bits per heavy atom. The van der Waals surface area contributed by atoms with Crippen LogP contribution < -0.4 is 0 Å². The highest BCUT2D eigenvalue weighted by Crippen LogP contribution is 2.43. The lowest BCUT2D eigenvalue weighted by molar-refractivity contribution is -0.137. The van der Waals surface area contributed by atoms with Crippen molar-refractivity contribution in [1.29, 1.82) is 0 Å². The number of carboxylic acids is 1. The molecular weight excluding hydrogens is 306 g/mol. The summed E-state index contributed by atoms with van der Waals surface area (Å²) >= 11 is 0. The number of hydrogen-bond donors (Lipinski definition) is 1. The number of benzene rings is 1. The number of rotatable bonds is 8. The Labute approximate surface area is 141 Å². The summed E-state index contributed by atoms with van der Waals surface area (Å²) in [4.78, 5) is 36.4. The third kappa shape index (κ3) is 3.55. The minimum atomic E-state index is -0.758. The summed E-state index contributed by atoms with van der Waals surface area (Å²) in [6, 6.07) is 6.98. The van der Waals surface area contributed by atoms with Crippen molar-refractivity contribution < 1.29 is 19.5 Å². The quantitative estimate of drug-likeness (QED) is 0.452. The van der Waals surface area contributed by atoms with Crippen molar-refractivity contribution in [3.8, 4) is 0 Å². The second kappa shape index (κ2) is 6.99. The van der Waals surface area contributed by atoms with E-state index in [4.69, 9.17) is 5.11 Å². The molecule has 0 unspecified atom stereocenters. The van der Waals surface area contributed by atoms with Crippen LogP contribution in [0.2, 0.25) is 0 Å². The Kier molecular flexibility index (Phi) is 4.79. The van der Waals surface area contributed by atoms with Crippen molar-refractivity contribution >= 4 is 17.8 Å². The van der Waals surface area contributed by atoms with Gasteiger partial charge in [-0.2, -0.15) is 0 Å². The van der Waals surface area contributed by atoms with E-state index in [0.29, 0.717) is 35.9 Å². The Hall–Kier alpha value is -2.43. The minimum Gasteiger partial charge on any atom is -0.481 e. The van der Waals surface area contributed by atoms with Gasteiger partial charge in [-0.3, -0.25) is 19.3 Å². The maximum Gasteiger partial charge on any atom is 0.303 e. The van der Waals surface area contributed by atoms with E-state index < -0.39 is 5.97 Å². The molecule has 0 bridgehead atoms. The van der Waals surface area contributed by atoms with E-state index in [-0.39, 0.29) is 18.2 Å². The molecule has 1 N–H and O–H groups in total. The SMILES string of the molecule is O=C(O)CCCC=CC[C@@H]1C[C@@H]1CN1C(=O)c2ccccc2C1=O. The van der Waals surface area contributed by atoms with Crippen molar-refractivity contribution in [1.82, 2.24) is 4.90 Å². The summed E-state index contributed by atoms with van der Waals surface area (Å²) in [6.07, 6.45) is 7.73. The van der Waals surface area contributed by atoms with Gasteiger partial charge in [0.05, 0.1) is 11.1 Å².